The molecule has 4 saturated heterocycles. The summed E-state index contributed by atoms with van der Waals surface area (Å²) in [4.78, 5) is 51.1. The number of hydrazine groups is 1. The fourth-order valence-corrected chi connectivity index (χ4v) is 5.70. The third-order valence-electron chi connectivity index (χ3n) is 6.62. The molecule has 0 saturated carbocycles. The molecule has 6 rings (SSSR count). The summed E-state index contributed by atoms with van der Waals surface area (Å²) < 4.78 is 9.99. The third kappa shape index (κ3) is 2.58. The van der Waals surface area contributed by atoms with E-state index >= 15 is 0 Å². The van der Waals surface area contributed by atoms with Gasteiger partial charge in [0, 0.05) is 10.0 Å². The number of ether oxygens (including phenoxy) is 2. The van der Waals surface area contributed by atoms with Crippen molar-refractivity contribution >= 4 is 47.1 Å². The number of rotatable bonds is 2. The molecule has 4 heterocycles. The number of cyclic esters (lactones) is 4. The zero-order chi connectivity index (χ0) is 22.3. The fraction of sp³-hybridized carbons (Fsp3) is 0.273. The van der Waals surface area contributed by atoms with Crippen molar-refractivity contribution in [2.24, 2.45) is 11.8 Å². The molecular weight excluding hydrogens is 459 g/mol. The van der Waals surface area contributed by atoms with Crippen molar-refractivity contribution in [3.63, 3.8) is 0 Å². The van der Waals surface area contributed by atoms with Crippen LogP contribution in [0.1, 0.15) is 23.2 Å². The zero-order valence-corrected chi connectivity index (χ0v) is 17.7. The first kappa shape index (κ1) is 19.9. The highest BCUT2D eigenvalue weighted by Gasteiger charge is 2.72. The molecule has 0 radical (unpaired) electrons. The van der Waals surface area contributed by atoms with Crippen LogP contribution in [0.15, 0.2) is 48.5 Å². The molecule has 4 fully saturated rings. The van der Waals surface area contributed by atoms with Gasteiger partial charge in [0.25, 0.3) is 0 Å². The molecule has 2 aromatic rings. The van der Waals surface area contributed by atoms with Gasteiger partial charge in [-0.3, -0.25) is 9.59 Å². The Bertz CT molecular complexity index is 1090. The van der Waals surface area contributed by atoms with E-state index in [1.54, 1.807) is 58.5 Å². The van der Waals surface area contributed by atoms with Crippen molar-refractivity contribution in [1.29, 1.82) is 0 Å². The van der Waals surface area contributed by atoms with Gasteiger partial charge >= 0.3 is 23.9 Å². The smallest absolute Gasteiger partial charge is 0.333 e. The van der Waals surface area contributed by atoms with Crippen molar-refractivity contribution < 1.29 is 28.7 Å². The van der Waals surface area contributed by atoms with Crippen LogP contribution in [0.3, 0.4) is 0 Å². The van der Waals surface area contributed by atoms with E-state index in [1.165, 1.54) is 0 Å². The van der Waals surface area contributed by atoms with Gasteiger partial charge in [-0.1, -0.05) is 47.5 Å². The molecular formula is C22H14Cl2N2O6. The number of carbonyl (C=O) groups excluding carboxylic acids is 4. The Morgan fingerprint density at radius 2 is 0.875 bits per heavy atom. The van der Waals surface area contributed by atoms with Gasteiger partial charge in [0.1, 0.15) is 23.9 Å². The van der Waals surface area contributed by atoms with E-state index in [1.807, 2.05) is 0 Å². The highest BCUT2D eigenvalue weighted by molar-refractivity contribution is 6.30. The number of halogens is 2. The number of benzene rings is 2. The summed E-state index contributed by atoms with van der Waals surface area (Å²) in [5.74, 6) is -4.50. The van der Waals surface area contributed by atoms with Crippen molar-refractivity contribution in [3.05, 3.63) is 69.7 Å². The van der Waals surface area contributed by atoms with E-state index in [4.69, 9.17) is 32.7 Å². The van der Waals surface area contributed by atoms with E-state index in [0.717, 1.165) is 0 Å². The predicted octanol–water partition coefficient (Wildman–Crippen LogP) is 2.46. The number of carbonyl (C=O) groups is 4. The first-order chi connectivity index (χ1) is 15.4. The minimum atomic E-state index is -0.977. The lowest BCUT2D eigenvalue weighted by Gasteiger charge is -2.33. The lowest BCUT2D eigenvalue weighted by Crippen LogP contribution is -2.45. The molecule has 8 nitrogen and oxygen atoms in total. The normalized spacial score (nSPS) is 33.8. The molecule has 0 N–H and O–H groups in total. The number of fused-ring (bicyclic) bond motifs is 5. The minimum Gasteiger partial charge on any atom is -0.392 e. The van der Waals surface area contributed by atoms with E-state index in [0.29, 0.717) is 21.2 Å². The average Bonchev–Trinajstić information content (AvgIpc) is 3.43. The zero-order valence-electron chi connectivity index (χ0n) is 16.2. The van der Waals surface area contributed by atoms with Crippen LogP contribution >= 0.6 is 23.2 Å². The van der Waals surface area contributed by atoms with Gasteiger partial charge in [0.2, 0.25) is 0 Å². The molecule has 32 heavy (non-hydrogen) atoms. The molecule has 4 aliphatic rings. The summed E-state index contributed by atoms with van der Waals surface area (Å²) in [6, 6.07) is 10.2. The van der Waals surface area contributed by atoms with Gasteiger partial charge < -0.3 is 9.47 Å². The van der Waals surface area contributed by atoms with Crippen molar-refractivity contribution in [1.82, 2.24) is 10.0 Å². The number of hydrogen-bond acceptors (Lipinski definition) is 8. The number of esters is 4. The molecule has 10 heteroatoms. The van der Waals surface area contributed by atoms with Crippen LogP contribution in [0.25, 0.3) is 0 Å². The van der Waals surface area contributed by atoms with Gasteiger partial charge in [-0.15, -0.1) is 0 Å². The Labute approximate surface area is 191 Å². The van der Waals surface area contributed by atoms with E-state index in [-0.39, 0.29) is 0 Å². The first-order valence-electron chi connectivity index (χ1n) is 9.95. The van der Waals surface area contributed by atoms with Gasteiger partial charge in [-0.25, -0.2) is 19.6 Å². The van der Waals surface area contributed by atoms with Crippen molar-refractivity contribution in [2.45, 2.75) is 24.2 Å². The fourth-order valence-electron chi connectivity index (χ4n) is 5.44. The number of hydrogen-bond donors (Lipinski definition) is 0. The molecule has 0 amide bonds. The standard InChI is InChI=1S/C22H14Cl2N2O6/c23-11-5-1-9(2-6-11)15-13-17(21(29)31-19(13)27)26-16(10-3-7-12(24)8-4-10)14-18(25(15)26)22(30)32-20(14)28/h1-8,13-18H/t13-,14-,15-,16-,17-,18-/m0/s1. The minimum absolute atomic E-state index is 0.499. The second-order valence-corrected chi connectivity index (χ2v) is 9.05. The van der Waals surface area contributed by atoms with Gasteiger partial charge in [0.05, 0.1) is 12.1 Å². The lowest BCUT2D eigenvalue weighted by molar-refractivity contribution is -0.167. The summed E-state index contributed by atoms with van der Waals surface area (Å²) in [5, 5.41) is 4.32. The Morgan fingerprint density at radius 1 is 0.531 bits per heavy atom. The topological polar surface area (TPSA) is 93.2 Å². The van der Waals surface area contributed by atoms with E-state index in [9.17, 15) is 19.2 Å². The largest absolute Gasteiger partial charge is 0.392 e. The van der Waals surface area contributed by atoms with Crippen LogP contribution in [0.4, 0.5) is 0 Å². The van der Waals surface area contributed by atoms with Gasteiger partial charge in [-0.2, -0.15) is 0 Å². The molecule has 0 aromatic heterocycles. The second kappa shape index (κ2) is 6.86. The second-order valence-electron chi connectivity index (χ2n) is 8.17. The van der Waals surface area contributed by atoms with Crippen LogP contribution in [0, 0.1) is 11.8 Å². The van der Waals surface area contributed by atoms with Gasteiger partial charge in [0.15, 0.2) is 0 Å². The summed E-state index contributed by atoms with van der Waals surface area (Å²) in [6.45, 7) is 0. The Hall–Kier alpha value is -2.78. The predicted molar refractivity (Wildman–Crippen MR) is 109 cm³/mol. The maximum Gasteiger partial charge on any atom is 0.333 e. The maximum absolute atomic E-state index is 12.8. The van der Waals surface area contributed by atoms with E-state index < -0.39 is 59.9 Å². The molecule has 4 aliphatic heterocycles. The molecule has 2 aromatic carbocycles. The summed E-state index contributed by atoms with van der Waals surface area (Å²) >= 11 is 12.1. The van der Waals surface area contributed by atoms with Crippen LogP contribution in [-0.2, 0) is 28.7 Å². The van der Waals surface area contributed by atoms with Crippen LogP contribution < -0.4 is 0 Å². The Balaban J connectivity index is 1.56. The lowest BCUT2D eigenvalue weighted by atomic mass is 9.84. The van der Waals surface area contributed by atoms with Crippen molar-refractivity contribution in [2.75, 3.05) is 0 Å². The summed E-state index contributed by atoms with van der Waals surface area (Å²) in [6.07, 6.45) is 0. The molecule has 162 valence electrons. The Morgan fingerprint density at radius 3 is 1.22 bits per heavy atom. The Kier molecular flexibility index (Phi) is 4.26. The molecule has 6 atom stereocenters. The maximum atomic E-state index is 12.8. The quantitative estimate of drug-likeness (QED) is 0.485. The van der Waals surface area contributed by atoms with Crippen LogP contribution in [0.5, 0.6) is 0 Å². The number of nitrogens with zero attached hydrogens (tertiary/aromatic N) is 2. The van der Waals surface area contributed by atoms with Crippen LogP contribution in [-0.4, -0.2) is 46.0 Å². The third-order valence-corrected chi connectivity index (χ3v) is 7.12. The summed E-state index contributed by atoms with van der Waals surface area (Å²) in [5.41, 5.74) is 1.34. The van der Waals surface area contributed by atoms with Crippen molar-refractivity contribution in [3.8, 4) is 0 Å². The molecule has 0 unspecified atom stereocenters. The first-order valence-corrected chi connectivity index (χ1v) is 10.7. The highest BCUT2D eigenvalue weighted by atomic mass is 35.5. The average molecular weight is 473 g/mol. The monoisotopic (exact) mass is 472 g/mol. The molecule has 0 spiro atoms. The summed E-state index contributed by atoms with van der Waals surface area (Å²) in [7, 11) is 0. The molecule has 0 aliphatic carbocycles. The van der Waals surface area contributed by atoms with Crippen LogP contribution in [0.2, 0.25) is 10.0 Å². The highest BCUT2D eigenvalue weighted by Crippen LogP contribution is 2.58. The van der Waals surface area contributed by atoms with Gasteiger partial charge in [-0.05, 0) is 35.4 Å². The van der Waals surface area contributed by atoms with E-state index in [2.05, 4.69) is 0 Å². The SMILES string of the molecule is O=C1OC(=O)[C@@H]2[C@@H]1[C@H](c1ccc(Cl)cc1)N1[C@@H]3C(=O)OC(=O)[C@H]3[C@H](c3ccc(Cl)cc3)N21. The molecule has 0 bridgehead atoms.